The molecule has 4 rings (SSSR count). The highest BCUT2D eigenvalue weighted by molar-refractivity contribution is 5.98. The topological polar surface area (TPSA) is 58.2 Å². The van der Waals surface area contributed by atoms with Gasteiger partial charge < -0.3 is 10.6 Å². The minimum atomic E-state index is -0.602. The molecular weight excluding hydrogens is 355 g/mol. The molecule has 2 aliphatic rings. The first-order valence-electron chi connectivity index (χ1n) is 9.94. The van der Waals surface area contributed by atoms with E-state index in [-0.39, 0.29) is 16.9 Å². The van der Waals surface area contributed by atoms with Gasteiger partial charge in [-0.05, 0) is 49.4 Å². The Morgan fingerprint density at radius 1 is 1.18 bits per heavy atom. The predicted molar refractivity (Wildman–Crippen MR) is 107 cm³/mol. The fraction of sp³-hybridized carbons (Fsp3) is 0.391. The molecule has 0 atom stereocenters. The predicted octanol–water partition coefficient (Wildman–Crippen LogP) is 4.26. The molecule has 1 aliphatic carbocycles. The van der Waals surface area contributed by atoms with Gasteiger partial charge in [-0.3, -0.25) is 9.59 Å². The number of carbonyl (C=O) groups excluding carboxylic acids is 2. The number of anilines is 1. The van der Waals surface area contributed by atoms with Crippen molar-refractivity contribution < 1.29 is 14.0 Å². The van der Waals surface area contributed by atoms with E-state index < -0.39 is 11.7 Å². The van der Waals surface area contributed by atoms with Crippen LogP contribution in [0.5, 0.6) is 0 Å². The van der Waals surface area contributed by atoms with Crippen LogP contribution in [0.25, 0.3) is 0 Å². The summed E-state index contributed by atoms with van der Waals surface area (Å²) in [7, 11) is 0. The average Bonchev–Trinajstić information content (AvgIpc) is 3.16. The normalized spacial score (nSPS) is 17.7. The van der Waals surface area contributed by atoms with Gasteiger partial charge in [-0.1, -0.05) is 42.7 Å². The van der Waals surface area contributed by atoms with Crippen LogP contribution in [-0.2, 0) is 16.6 Å². The summed E-state index contributed by atoms with van der Waals surface area (Å²) in [6, 6.07) is 11.3. The highest BCUT2D eigenvalue weighted by Gasteiger charge is 2.36. The molecule has 0 unspecified atom stereocenters. The molecule has 1 saturated carbocycles. The fourth-order valence-electron chi connectivity index (χ4n) is 4.52. The van der Waals surface area contributed by atoms with Crippen LogP contribution in [0.15, 0.2) is 36.4 Å². The number of rotatable bonds is 4. The molecule has 0 radical (unpaired) electrons. The Labute approximate surface area is 164 Å². The minimum absolute atomic E-state index is 0.0484. The fourth-order valence-corrected chi connectivity index (χ4v) is 4.52. The summed E-state index contributed by atoms with van der Waals surface area (Å²) < 4.78 is 14.5. The monoisotopic (exact) mass is 380 g/mol. The lowest BCUT2D eigenvalue weighted by Crippen LogP contribution is -2.39. The Kier molecular flexibility index (Phi) is 4.92. The molecular formula is C23H25FN2O2. The summed E-state index contributed by atoms with van der Waals surface area (Å²) in [6.07, 6.45) is 5.20. The maximum absolute atomic E-state index is 14.5. The van der Waals surface area contributed by atoms with Gasteiger partial charge in [-0.2, -0.15) is 0 Å². The zero-order valence-electron chi connectivity index (χ0n) is 16.1. The first-order chi connectivity index (χ1) is 13.5. The number of hydrogen-bond acceptors (Lipinski definition) is 2. The zero-order chi connectivity index (χ0) is 19.7. The van der Waals surface area contributed by atoms with Crippen LogP contribution in [-0.4, -0.2) is 18.4 Å². The van der Waals surface area contributed by atoms with E-state index in [2.05, 4.69) is 41.8 Å². The van der Waals surface area contributed by atoms with E-state index >= 15 is 0 Å². The molecule has 146 valence electrons. The van der Waals surface area contributed by atoms with Gasteiger partial charge in [0.05, 0.1) is 5.56 Å². The molecule has 1 aliphatic heterocycles. The average molecular weight is 380 g/mol. The SMILES string of the molecule is Cc1cccc(C2(CNC(=O)c3cc4c(cc3F)NC(=O)CC4)CCCC2)c1. The van der Waals surface area contributed by atoms with Crippen molar-refractivity contribution in [3.05, 3.63) is 64.5 Å². The summed E-state index contributed by atoms with van der Waals surface area (Å²) in [5.74, 6) is -1.11. The molecule has 2 amide bonds. The Morgan fingerprint density at radius 3 is 2.71 bits per heavy atom. The first kappa shape index (κ1) is 18.7. The second-order valence-corrected chi connectivity index (χ2v) is 8.08. The van der Waals surface area contributed by atoms with E-state index in [1.54, 1.807) is 6.07 Å². The van der Waals surface area contributed by atoms with Crippen molar-refractivity contribution in [2.75, 3.05) is 11.9 Å². The molecule has 0 saturated heterocycles. The Bertz CT molecular complexity index is 932. The highest BCUT2D eigenvalue weighted by Crippen LogP contribution is 2.41. The van der Waals surface area contributed by atoms with Gasteiger partial charge in [0.1, 0.15) is 5.82 Å². The molecule has 0 bridgehead atoms. The summed E-state index contributed by atoms with van der Waals surface area (Å²) in [5, 5.41) is 5.66. The maximum Gasteiger partial charge on any atom is 0.254 e. The maximum atomic E-state index is 14.5. The van der Waals surface area contributed by atoms with E-state index in [4.69, 9.17) is 0 Å². The van der Waals surface area contributed by atoms with Crippen molar-refractivity contribution in [2.45, 2.75) is 50.9 Å². The van der Waals surface area contributed by atoms with Gasteiger partial charge in [0, 0.05) is 24.1 Å². The van der Waals surface area contributed by atoms with Crippen LogP contribution in [0, 0.1) is 12.7 Å². The van der Waals surface area contributed by atoms with E-state index in [1.165, 1.54) is 17.2 Å². The molecule has 1 fully saturated rings. The lowest BCUT2D eigenvalue weighted by atomic mass is 9.78. The van der Waals surface area contributed by atoms with Gasteiger partial charge >= 0.3 is 0 Å². The Balaban J connectivity index is 1.54. The number of hydrogen-bond donors (Lipinski definition) is 2. The number of amides is 2. The van der Waals surface area contributed by atoms with Crippen molar-refractivity contribution in [3.8, 4) is 0 Å². The van der Waals surface area contributed by atoms with Crippen LogP contribution < -0.4 is 10.6 Å². The van der Waals surface area contributed by atoms with Crippen LogP contribution in [0.3, 0.4) is 0 Å². The van der Waals surface area contributed by atoms with Crippen molar-refractivity contribution in [1.29, 1.82) is 0 Å². The molecule has 4 nitrogen and oxygen atoms in total. The van der Waals surface area contributed by atoms with Crippen LogP contribution in [0.2, 0.25) is 0 Å². The molecule has 2 N–H and O–H groups in total. The summed E-state index contributed by atoms with van der Waals surface area (Å²) >= 11 is 0. The second-order valence-electron chi connectivity index (χ2n) is 8.08. The lowest BCUT2D eigenvalue weighted by molar-refractivity contribution is -0.116. The quantitative estimate of drug-likeness (QED) is 0.833. The molecule has 5 heteroatoms. The minimum Gasteiger partial charge on any atom is -0.351 e. The standard InChI is InChI=1S/C23H25FN2O2/c1-15-5-4-6-17(11-15)23(9-2-3-10-23)14-25-22(28)18-12-16-7-8-21(27)26-20(16)13-19(18)24/h4-6,11-13H,2-3,7-10,14H2,1H3,(H,25,28)(H,26,27). The largest absolute Gasteiger partial charge is 0.351 e. The number of benzene rings is 2. The third-order valence-electron chi connectivity index (χ3n) is 6.11. The van der Waals surface area contributed by atoms with Gasteiger partial charge in [-0.25, -0.2) is 4.39 Å². The van der Waals surface area contributed by atoms with E-state index in [0.29, 0.717) is 25.1 Å². The summed E-state index contributed by atoms with van der Waals surface area (Å²) in [5.41, 5.74) is 3.70. The molecule has 0 spiro atoms. The van der Waals surface area contributed by atoms with E-state index in [1.807, 2.05) is 0 Å². The number of fused-ring (bicyclic) bond motifs is 1. The smallest absolute Gasteiger partial charge is 0.254 e. The van der Waals surface area contributed by atoms with Crippen molar-refractivity contribution in [2.24, 2.45) is 0 Å². The van der Waals surface area contributed by atoms with E-state index in [9.17, 15) is 14.0 Å². The van der Waals surface area contributed by atoms with Crippen molar-refractivity contribution in [1.82, 2.24) is 5.32 Å². The summed E-state index contributed by atoms with van der Waals surface area (Å²) in [4.78, 5) is 24.3. The molecule has 2 aromatic carbocycles. The van der Waals surface area contributed by atoms with Crippen molar-refractivity contribution in [3.63, 3.8) is 0 Å². The van der Waals surface area contributed by atoms with Crippen molar-refractivity contribution >= 4 is 17.5 Å². The Morgan fingerprint density at radius 2 is 1.96 bits per heavy atom. The Hall–Kier alpha value is -2.69. The number of nitrogens with one attached hydrogen (secondary N) is 2. The van der Waals surface area contributed by atoms with Crippen LogP contribution in [0.1, 0.15) is 59.2 Å². The van der Waals surface area contributed by atoms with Gasteiger partial charge in [0.25, 0.3) is 5.91 Å². The van der Waals surface area contributed by atoms with Crippen LogP contribution in [0.4, 0.5) is 10.1 Å². The van der Waals surface area contributed by atoms with Gasteiger partial charge in [0.15, 0.2) is 0 Å². The third-order valence-corrected chi connectivity index (χ3v) is 6.11. The van der Waals surface area contributed by atoms with Crippen LogP contribution >= 0.6 is 0 Å². The molecule has 2 aromatic rings. The summed E-state index contributed by atoms with van der Waals surface area (Å²) in [6.45, 7) is 2.58. The molecule has 1 heterocycles. The number of aryl methyl sites for hydroxylation is 2. The lowest BCUT2D eigenvalue weighted by Gasteiger charge is -2.30. The molecule has 28 heavy (non-hydrogen) atoms. The third kappa shape index (κ3) is 3.53. The van der Waals surface area contributed by atoms with Gasteiger partial charge in [0.2, 0.25) is 5.91 Å². The second kappa shape index (κ2) is 7.38. The van der Waals surface area contributed by atoms with Gasteiger partial charge in [-0.15, -0.1) is 0 Å². The highest BCUT2D eigenvalue weighted by atomic mass is 19.1. The zero-order valence-corrected chi connectivity index (χ0v) is 16.1. The molecule has 0 aromatic heterocycles. The number of carbonyl (C=O) groups is 2. The van der Waals surface area contributed by atoms with E-state index in [0.717, 1.165) is 31.2 Å². The first-order valence-corrected chi connectivity index (χ1v) is 9.94. The number of halogens is 1.